The average Bonchev–Trinajstić information content (AvgIpc) is 2.22. The highest BCUT2D eigenvalue weighted by atomic mass is 79.9. The van der Waals surface area contributed by atoms with Crippen molar-refractivity contribution < 1.29 is 17.6 Å². The maximum Gasteiger partial charge on any atom is 0.197 e. The van der Waals surface area contributed by atoms with Crippen LogP contribution in [0.1, 0.15) is 5.56 Å². The molecular formula is C10H12BrF3OSi. The fourth-order valence-electron chi connectivity index (χ4n) is 0.986. The molecule has 16 heavy (non-hydrogen) atoms. The summed E-state index contributed by atoms with van der Waals surface area (Å²) in [6, 6.07) is 1.38. The van der Waals surface area contributed by atoms with Gasteiger partial charge < -0.3 is 4.43 Å². The molecule has 1 aromatic rings. The Labute approximate surface area is 102 Å². The first-order valence-corrected chi connectivity index (χ1v) is 8.93. The monoisotopic (exact) mass is 312 g/mol. The van der Waals surface area contributed by atoms with E-state index in [1.165, 1.54) is 0 Å². The predicted molar refractivity (Wildman–Crippen MR) is 62.4 cm³/mol. The third kappa shape index (κ3) is 3.60. The van der Waals surface area contributed by atoms with Gasteiger partial charge in [-0.2, -0.15) is 0 Å². The summed E-state index contributed by atoms with van der Waals surface area (Å²) >= 11 is 3.30. The van der Waals surface area contributed by atoms with Crippen molar-refractivity contribution in [1.29, 1.82) is 0 Å². The molecule has 1 aromatic carbocycles. The second-order valence-electron chi connectivity index (χ2n) is 4.04. The molecule has 0 bridgehead atoms. The molecule has 0 atom stereocenters. The third-order valence-corrected chi connectivity index (χ3v) is 7.65. The quantitative estimate of drug-likeness (QED) is 0.467. The summed E-state index contributed by atoms with van der Waals surface area (Å²) in [4.78, 5) is 0.700. The van der Waals surface area contributed by atoms with Crippen molar-refractivity contribution in [2.24, 2.45) is 0 Å². The number of halogens is 4. The van der Waals surface area contributed by atoms with E-state index in [1.54, 1.807) is 0 Å². The summed E-state index contributed by atoms with van der Waals surface area (Å²) in [5, 5.41) is 0. The zero-order valence-electron chi connectivity index (χ0n) is 8.99. The second kappa shape index (κ2) is 5.33. The maximum absolute atomic E-state index is 13.2. The Morgan fingerprint density at radius 2 is 1.69 bits per heavy atom. The minimum atomic E-state index is -1.88. The summed E-state index contributed by atoms with van der Waals surface area (Å²) in [7, 11) is -1.88. The van der Waals surface area contributed by atoms with E-state index in [4.69, 9.17) is 4.43 Å². The van der Waals surface area contributed by atoms with Crippen molar-refractivity contribution in [3.05, 3.63) is 35.1 Å². The van der Waals surface area contributed by atoms with Crippen molar-refractivity contribution in [3.63, 3.8) is 0 Å². The van der Waals surface area contributed by atoms with Gasteiger partial charge in [0.25, 0.3) is 0 Å². The molecule has 0 aliphatic rings. The molecule has 0 spiro atoms. The molecule has 0 radical (unpaired) electrons. The largest absolute Gasteiger partial charge is 0.412 e. The Bertz CT molecular complexity index is 385. The average molecular weight is 313 g/mol. The Hall–Kier alpha value is -0.333. The summed E-state index contributed by atoms with van der Waals surface area (Å²) in [5.74, 6) is -3.02. The highest BCUT2D eigenvalue weighted by Crippen LogP contribution is 2.17. The molecule has 0 heterocycles. The molecule has 1 rings (SSSR count). The Balaban J connectivity index is 2.79. The van der Waals surface area contributed by atoms with Crippen molar-refractivity contribution in [3.8, 4) is 0 Å². The van der Waals surface area contributed by atoms with E-state index in [0.29, 0.717) is 11.0 Å². The maximum atomic E-state index is 13.2. The molecule has 0 aliphatic carbocycles. The van der Waals surface area contributed by atoms with Crippen LogP contribution in [0.4, 0.5) is 13.2 Å². The van der Waals surface area contributed by atoms with Gasteiger partial charge in [0.2, 0.25) is 0 Å². The van der Waals surface area contributed by atoms with Crippen LogP contribution >= 0.6 is 15.9 Å². The van der Waals surface area contributed by atoms with Crippen LogP contribution in [0.2, 0.25) is 13.1 Å². The van der Waals surface area contributed by atoms with Gasteiger partial charge in [-0.15, -0.1) is 0 Å². The minimum Gasteiger partial charge on any atom is -0.412 e. The lowest BCUT2D eigenvalue weighted by atomic mass is 10.2. The zero-order valence-corrected chi connectivity index (χ0v) is 11.6. The van der Waals surface area contributed by atoms with Crippen molar-refractivity contribution in [1.82, 2.24) is 0 Å². The highest BCUT2D eigenvalue weighted by Gasteiger charge is 2.21. The molecule has 6 heteroatoms. The fraction of sp³-hybridized carbons (Fsp3) is 0.400. The van der Waals surface area contributed by atoms with Gasteiger partial charge in [0.05, 0.1) is 6.61 Å². The molecule has 0 fully saturated rings. The summed E-state index contributed by atoms with van der Waals surface area (Å²) in [6.45, 7) is 3.85. The summed E-state index contributed by atoms with van der Waals surface area (Å²) in [6.07, 6.45) is 0. The van der Waals surface area contributed by atoms with Crippen LogP contribution in [-0.2, 0) is 11.0 Å². The lowest BCUT2D eigenvalue weighted by Gasteiger charge is -2.20. The number of alkyl halides is 1. The molecule has 0 saturated heterocycles. The smallest absolute Gasteiger partial charge is 0.197 e. The van der Waals surface area contributed by atoms with E-state index in [-0.39, 0.29) is 12.2 Å². The van der Waals surface area contributed by atoms with Gasteiger partial charge in [0.15, 0.2) is 20.0 Å². The van der Waals surface area contributed by atoms with Gasteiger partial charge in [-0.1, -0.05) is 15.9 Å². The van der Waals surface area contributed by atoms with Crippen LogP contribution in [0.15, 0.2) is 12.1 Å². The molecule has 1 nitrogen and oxygen atoms in total. The number of hydrogen-bond acceptors (Lipinski definition) is 1. The number of hydrogen-bond donors (Lipinski definition) is 0. The Morgan fingerprint density at radius 1 is 1.12 bits per heavy atom. The fourth-order valence-corrected chi connectivity index (χ4v) is 2.10. The first-order chi connectivity index (χ1) is 7.35. The molecular weight excluding hydrogens is 301 g/mol. The Kier molecular flexibility index (Phi) is 4.58. The van der Waals surface area contributed by atoms with Gasteiger partial charge in [0.1, 0.15) is 5.82 Å². The zero-order chi connectivity index (χ0) is 12.3. The van der Waals surface area contributed by atoms with E-state index in [0.717, 1.165) is 6.07 Å². The van der Waals surface area contributed by atoms with E-state index < -0.39 is 25.8 Å². The van der Waals surface area contributed by atoms with E-state index >= 15 is 0 Å². The normalized spacial score (nSPS) is 11.9. The lowest BCUT2D eigenvalue weighted by molar-refractivity contribution is 0.291. The molecule has 0 aliphatic heterocycles. The molecule has 0 aromatic heterocycles. The van der Waals surface area contributed by atoms with Crippen LogP contribution in [0.5, 0.6) is 0 Å². The molecule has 0 saturated carbocycles. The van der Waals surface area contributed by atoms with Crippen molar-refractivity contribution >= 4 is 24.2 Å². The van der Waals surface area contributed by atoms with Crippen LogP contribution < -0.4 is 0 Å². The van der Waals surface area contributed by atoms with Gasteiger partial charge in [-0.05, 0) is 19.2 Å². The summed E-state index contributed by atoms with van der Waals surface area (Å²) in [5.41, 5.74) is 0.0421. The molecule has 0 N–H and O–H groups in total. The van der Waals surface area contributed by atoms with Crippen LogP contribution in [0.3, 0.4) is 0 Å². The topological polar surface area (TPSA) is 9.23 Å². The first-order valence-electron chi connectivity index (χ1n) is 4.69. The van der Waals surface area contributed by atoms with Gasteiger partial charge >= 0.3 is 0 Å². The van der Waals surface area contributed by atoms with Crippen molar-refractivity contribution in [2.45, 2.75) is 19.7 Å². The van der Waals surface area contributed by atoms with Gasteiger partial charge in [-0.3, -0.25) is 0 Å². The van der Waals surface area contributed by atoms with Gasteiger partial charge in [-0.25, -0.2) is 13.2 Å². The lowest BCUT2D eigenvalue weighted by Crippen LogP contribution is -2.32. The first kappa shape index (κ1) is 13.7. The van der Waals surface area contributed by atoms with Crippen molar-refractivity contribution in [2.75, 3.05) is 4.95 Å². The van der Waals surface area contributed by atoms with Gasteiger partial charge in [0, 0.05) is 16.6 Å². The standard InChI is InChI=1S/C10H12BrF3OSi/c1-16(2,6-11)15-5-7-3-9(13)10(14)4-8(7)12/h3-4H,5-6H2,1-2H3. The minimum absolute atomic E-state index is 0.0339. The van der Waals surface area contributed by atoms with Crippen LogP contribution in [0.25, 0.3) is 0 Å². The van der Waals surface area contributed by atoms with Crippen LogP contribution in [-0.4, -0.2) is 13.3 Å². The molecule has 0 amide bonds. The number of benzene rings is 1. The third-order valence-electron chi connectivity index (χ3n) is 2.03. The van der Waals surface area contributed by atoms with E-state index in [1.807, 2.05) is 13.1 Å². The number of rotatable bonds is 4. The highest BCUT2D eigenvalue weighted by molar-refractivity contribution is 9.09. The molecule has 90 valence electrons. The SMILES string of the molecule is C[Si](C)(CBr)OCc1cc(F)c(F)cc1F. The second-order valence-corrected chi connectivity index (χ2v) is 9.80. The van der Waals surface area contributed by atoms with Crippen LogP contribution in [0, 0.1) is 17.5 Å². The van der Waals surface area contributed by atoms with E-state index in [9.17, 15) is 13.2 Å². The molecule has 0 unspecified atom stereocenters. The van der Waals surface area contributed by atoms with E-state index in [2.05, 4.69) is 15.9 Å². The Morgan fingerprint density at radius 3 is 2.25 bits per heavy atom. The predicted octanol–water partition coefficient (Wildman–Crippen LogP) is 3.76. The summed E-state index contributed by atoms with van der Waals surface area (Å²) < 4.78 is 44.2.